The Morgan fingerprint density at radius 1 is 1.18 bits per heavy atom. The van der Waals surface area contributed by atoms with E-state index in [9.17, 15) is 9.90 Å². The fourth-order valence-corrected chi connectivity index (χ4v) is 2.13. The van der Waals surface area contributed by atoms with Gasteiger partial charge in [-0.05, 0) is 52.0 Å². The average molecular weight is 298 g/mol. The summed E-state index contributed by atoms with van der Waals surface area (Å²) in [6.45, 7) is 7.67. The fraction of sp³-hybridized carbons (Fsp3) is 0.278. The van der Waals surface area contributed by atoms with E-state index in [1.807, 2.05) is 58.0 Å². The van der Waals surface area contributed by atoms with Gasteiger partial charge in [0.2, 0.25) is 5.88 Å². The van der Waals surface area contributed by atoms with Crippen LogP contribution < -0.4 is 5.43 Å². The van der Waals surface area contributed by atoms with Crippen LogP contribution in [-0.4, -0.2) is 21.6 Å². The molecule has 0 spiro atoms. The third-order valence-electron chi connectivity index (χ3n) is 3.29. The molecule has 0 unspecified atom stereocenters. The summed E-state index contributed by atoms with van der Waals surface area (Å²) in [5.41, 5.74) is 4.58. The van der Waals surface area contributed by atoms with Gasteiger partial charge in [-0.3, -0.25) is 10.2 Å². The van der Waals surface area contributed by atoms with Crippen molar-refractivity contribution in [2.75, 3.05) is 0 Å². The lowest BCUT2D eigenvalue weighted by Gasteiger charge is -2.36. The van der Waals surface area contributed by atoms with Gasteiger partial charge in [0.1, 0.15) is 0 Å². The summed E-state index contributed by atoms with van der Waals surface area (Å²) in [6.07, 6.45) is 7.22. The van der Waals surface area contributed by atoms with Crippen LogP contribution in [0.4, 0.5) is 0 Å². The Morgan fingerprint density at radius 3 is 2.36 bits per heavy atom. The minimum Gasteiger partial charge on any atom is -0.493 e. The second-order valence-electron chi connectivity index (χ2n) is 6.31. The Morgan fingerprint density at radius 2 is 1.82 bits per heavy atom. The summed E-state index contributed by atoms with van der Waals surface area (Å²) in [6, 6.07) is 7.40. The number of rotatable bonds is 3. The summed E-state index contributed by atoms with van der Waals surface area (Å²) in [4.78, 5) is 12.8. The topological polar surface area (TPSA) is 52.6 Å². The fourth-order valence-electron chi connectivity index (χ4n) is 2.13. The summed E-state index contributed by atoms with van der Waals surface area (Å²) in [5.74, 6) is -0.227. The van der Waals surface area contributed by atoms with Gasteiger partial charge in [-0.2, -0.15) is 0 Å². The molecule has 4 heteroatoms. The molecule has 1 aromatic rings. The minimum absolute atomic E-state index is 0.0408. The molecule has 1 amide bonds. The van der Waals surface area contributed by atoms with E-state index in [4.69, 9.17) is 0 Å². The molecule has 116 valence electrons. The van der Waals surface area contributed by atoms with Crippen molar-refractivity contribution in [3.63, 3.8) is 0 Å². The van der Waals surface area contributed by atoms with Crippen molar-refractivity contribution >= 4 is 5.91 Å². The minimum atomic E-state index is -0.499. The van der Waals surface area contributed by atoms with E-state index in [2.05, 4.69) is 5.43 Å². The van der Waals surface area contributed by atoms with Crippen molar-refractivity contribution in [3.05, 3.63) is 71.2 Å². The maximum atomic E-state index is 12.8. The van der Waals surface area contributed by atoms with Crippen LogP contribution in [0.3, 0.4) is 0 Å². The molecule has 0 fully saturated rings. The number of hydrogen-bond donors (Lipinski definition) is 2. The number of aliphatic hydroxyl groups is 1. The second-order valence-corrected chi connectivity index (χ2v) is 6.31. The van der Waals surface area contributed by atoms with Crippen molar-refractivity contribution in [3.8, 4) is 0 Å². The van der Waals surface area contributed by atoms with Crippen LogP contribution in [0.1, 0.15) is 36.7 Å². The number of aliphatic hydroxyl groups excluding tert-OH is 1. The lowest BCUT2D eigenvalue weighted by molar-refractivity contribution is 0.0376. The second kappa shape index (κ2) is 6.10. The number of nitrogens with one attached hydrogen (secondary N) is 1. The standard InChI is InChI=1S/C18H22N2O2/c1-13-8-7-11-15(12-13)17(22)20(18(2,3)4)19-16(21)14-9-5-6-10-14/h5-12,19,21H,1-4H3. The van der Waals surface area contributed by atoms with Gasteiger partial charge in [0.25, 0.3) is 5.91 Å². The third kappa shape index (κ3) is 3.58. The van der Waals surface area contributed by atoms with E-state index in [1.165, 1.54) is 5.01 Å². The highest BCUT2D eigenvalue weighted by Gasteiger charge is 2.28. The van der Waals surface area contributed by atoms with E-state index in [1.54, 1.807) is 18.2 Å². The highest BCUT2D eigenvalue weighted by atomic mass is 16.3. The van der Waals surface area contributed by atoms with E-state index >= 15 is 0 Å². The molecule has 2 rings (SSSR count). The smallest absolute Gasteiger partial charge is 0.272 e. The van der Waals surface area contributed by atoms with Gasteiger partial charge in [-0.25, -0.2) is 5.01 Å². The number of aryl methyl sites for hydroxylation is 1. The molecule has 2 N–H and O–H groups in total. The van der Waals surface area contributed by atoms with Crippen LogP contribution in [0.5, 0.6) is 0 Å². The van der Waals surface area contributed by atoms with E-state index < -0.39 is 5.54 Å². The SMILES string of the molecule is Cc1cccc(C(=O)N(NC(O)=C2C=CC=C2)C(C)(C)C)c1. The van der Waals surface area contributed by atoms with E-state index in [0.29, 0.717) is 11.1 Å². The van der Waals surface area contributed by atoms with Crippen LogP contribution in [0.25, 0.3) is 0 Å². The summed E-state index contributed by atoms with van der Waals surface area (Å²) in [5, 5.41) is 11.7. The molecule has 1 aliphatic rings. The number of allylic oxidation sites excluding steroid dienone is 5. The first-order chi connectivity index (χ1) is 10.3. The van der Waals surface area contributed by atoms with E-state index in [-0.39, 0.29) is 11.8 Å². The predicted molar refractivity (Wildman–Crippen MR) is 88.2 cm³/mol. The molecule has 0 saturated heterocycles. The van der Waals surface area contributed by atoms with Crippen LogP contribution in [-0.2, 0) is 0 Å². The zero-order chi connectivity index (χ0) is 16.3. The number of benzene rings is 1. The molecule has 0 heterocycles. The number of carbonyl (C=O) groups is 1. The molecule has 1 aliphatic carbocycles. The highest BCUT2D eigenvalue weighted by molar-refractivity contribution is 5.94. The third-order valence-corrected chi connectivity index (χ3v) is 3.29. The molecular weight excluding hydrogens is 276 g/mol. The van der Waals surface area contributed by atoms with Crippen molar-refractivity contribution < 1.29 is 9.90 Å². The first kappa shape index (κ1) is 15.9. The molecule has 0 saturated carbocycles. The van der Waals surface area contributed by atoms with Crippen LogP contribution in [0.15, 0.2) is 60.0 Å². The molecule has 1 aromatic carbocycles. The summed E-state index contributed by atoms with van der Waals surface area (Å²) >= 11 is 0. The molecular formula is C18H22N2O2. The van der Waals surface area contributed by atoms with Crippen molar-refractivity contribution in [1.82, 2.24) is 10.4 Å². The molecule has 0 radical (unpaired) electrons. The predicted octanol–water partition coefficient (Wildman–Crippen LogP) is 3.64. The lowest BCUT2D eigenvalue weighted by atomic mass is 10.1. The quantitative estimate of drug-likeness (QED) is 0.662. The summed E-state index contributed by atoms with van der Waals surface area (Å²) in [7, 11) is 0. The summed E-state index contributed by atoms with van der Waals surface area (Å²) < 4.78 is 0. The van der Waals surface area contributed by atoms with Gasteiger partial charge in [0, 0.05) is 11.1 Å². The molecule has 0 atom stereocenters. The zero-order valence-electron chi connectivity index (χ0n) is 13.4. The first-order valence-electron chi connectivity index (χ1n) is 7.25. The maximum absolute atomic E-state index is 12.8. The Labute approximate surface area is 131 Å². The van der Waals surface area contributed by atoms with Crippen LogP contribution >= 0.6 is 0 Å². The number of nitrogens with zero attached hydrogens (tertiary/aromatic N) is 1. The lowest BCUT2D eigenvalue weighted by Crippen LogP contribution is -2.53. The highest BCUT2D eigenvalue weighted by Crippen LogP contribution is 2.18. The van der Waals surface area contributed by atoms with E-state index in [0.717, 1.165) is 5.56 Å². The Bertz CT molecular complexity index is 650. The zero-order valence-corrected chi connectivity index (χ0v) is 13.4. The van der Waals surface area contributed by atoms with Crippen LogP contribution in [0.2, 0.25) is 0 Å². The van der Waals surface area contributed by atoms with Crippen molar-refractivity contribution in [1.29, 1.82) is 0 Å². The van der Waals surface area contributed by atoms with Gasteiger partial charge < -0.3 is 5.11 Å². The largest absolute Gasteiger partial charge is 0.493 e. The van der Waals surface area contributed by atoms with Gasteiger partial charge in [-0.1, -0.05) is 29.8 Å². The number of hydrogen-bond acceptors (Lipinski definition) is 3. The number of hydrazine groups is 1. The van der Waals surface area contributed by atoms with Crippen molar-refractivity contribution in [2.45, 2.75) is 33.2 Å². The number of carbonyl (C=O) groups excluding carboxylic acids is 1. The van der Waals surface area contributed by atoms with Gasteiger partial charge in [-0.15, -0.1) is 0 Å². The normalized spacial score (nSPS) is 13.4. The van der Waals surface area contributed by atoms with Gasteiger partial charge in [0.05, 0.1) is 5.54 Å². The molecule has 0 aliphatic heterocycles. The molecule has 22 heavy (non-hydrogen) atoms. The average Bonchev–Trinajstić information content (AvgIpc) is 2.96. The Hall–Kier alpha value is -2.49. The monoisotopic (exact) mass is 298 g/mol. The van der Waals surface area contributed by atoms with Crippen molar-refractivity contribution in [2.24, 2.45) is 0 Å². The van der Waals surface area contributed by atoms with Gasteiger partial charge >= 0.3 is 0 Å². The first-order valence-corrected chi connectivity index (χ1v) is 7.25. The molecule has 0 aromatic heterocycles. The Balaban J connectivity index is 2.31. The van der Waals surface area contributed by atoms with Crippen LogP contribution in [0, 0.1) is 6.92 Å². The maximum Gasteiger partial charge on any atom is 0.272 e. The van der Waals surface area contributed by atoms with Gasteiger partial charge in [0.15, 0.2) is 0 Å². The Kier molecular flexibility index (Phi) is 4.40. The molecule has 0 bridgehead atoms. The number of amides is 1. The molecule has 4 nitrogen and oxygen atoms in total.